The van der Waals surface area contributed by atoms with Crippen molar-refractivity contribution in [2.45, 2.75) is 36.3 Å². The van der Waals surface area contributed by atoms with Crippen LogP contribution in [0, 0.1) is 0 Å². The first-order valence-corrected chi connectivity index (χ1v) is 8.07. The maximum absolute atomic E-state index is 5.79. The highest BCUT2D eigenvalue weighted by atomic mass is 35.5. The predicted molar refractivity (Wildman–Crippen MR) is 86.1 cm³/mol. The highest BCUT2D eigenvalue weighted by Crippen LogP contribution is 2.24. The van der Waals surface area contributed by atoms with Gasteiger partial charge in [0.25, 0.3) is 0 Å². The Kier molecular flexibility index (Phi) is 5.35. The largest absolute Gasteiger partial charge is 0.122 e. The molecule has 0 bridgehead atoms. The lowest BCUT2D eigenvalue weighted by Crippen LogP contribution is -1.88. The Bertz CT molecular complexity index is 500. The van der Waals surface area contributed by atoms with Crippen molar-refractivity contribution in [2.24, 2.45) is 0 Å². The molecule has 100 valence electrons. The van der Waals surface area contributed by atoms with Gasteiger partial charge in [0.05, 0.1) is 0 Å². The molecule has 0 fully saturated rings. The molecular weight excluding hydrogens is 272 g/mol. The van der Waals surface area contributed by atoms with Gasteiger partial charge in [0, 0.05) is 16.5 Å². The lowest BCUT2D eigenvalue weighted by Gasteiger charge is -2.07. The average molecular weight is 291 g/mol. The molecule has 2 heteroatoms. The minimum absolute atomic E-state index is 0.585. The first-order chi connectivity index (χ1) is 9.19. The monoisotopic (exact) mass is 290 g/mol. The smallest absolute Gasteiger partial charge is 0.0474 e. The number of alkyl halides is 1. The molecule has 0 saturated carbocycles. The Morgan fingerprint density at radius 2 is 1.47 bits per heavy atom. The lowest BCUT2D eigenvalue weighted by atomic mass is 10.0. The van der Waals surface area contributed by atoms with E-state index in [2.05, 4.69) is 62.4 Å². The van der Waals surface area contributed by atoms with E-state index in [9.17, 15) is 0 Å². The summed E-state index contributed by atoms with van der Waals surface area (Å²) in [4.78, 5) is 1.29. The zero-order chi connectivity index (χ0) is 13.7. The fraction of sp³-hybridized carbons (Fsp3) is 0.294. The highest BCUT2D eigenvalue weighted by molar-refractivity contribution is 7.98. The standard InChI is InChI=1S/C17H19ClS/c1-13(2)16-7-3-15(4-8-16)12-19-17-9-5-14(11-18)6-10-17/h3-10,13H,11-12H2,1-2H3. The molecule has 0 aliphatic rings. The third-order valence-electron chi connectivity index (χ3n) is 3.13. The first kappa shape index (κ1) is 14.5. The number of halogens is 1. The Hall–Kier alpha value is -0.920. The number of thioether (sulfide) groups is 1. The molecule has 0 aliphatic carbocycles. The van der Waals surface area contributed by atoms with E-state index in [0.29, 0.717) is 11.8 Å². The Morgan fingerprint density at radius 1 is 0.895 bits per heavy atom. The van der Waals surface area contributed by atoms with Gasteiger partial charge in [0.15, 0.2) is 0 Å². The van der Waals surface area contributed by atoms with Gasteiger partial charge in [-0.3, -0.25) is 0 Å². The summed E-state index contributed by atoms with van der Waals surface area (Å²) in [6, 6.07) is 17.4. The van der Waals surface area contributed by atoms with Crippen LogP contribution >= 0.6 is 23.4 Å². The van der Waals surface area contributed by atoms with Crippen molar-refractivity contribution in [3.8, 4) is 0 Å². The van der Waals surface area contributed by atoms with Crippen molar-refractivity contribution in [3.63, 3.8) is 0 Å². The number of rotatable bonds is 5. The summed E-state index contributed by atoms with van der Waals surface area (Å²) in [7, 11) is 0. The molecule has 0 saturated heterocycles. The van der Waals surface area contributed by atoms with E-state index in [1.165, 1.54) is 21.6 Å². The molecule has 0 heterocycles. The van der Waals surface area contributed by atoms with E-state index in [-0.39, 0.29) is 0 Å². The topological polar surface area (TPSA) is 0 Å². The van der Waals surface area contributed by atoms with Crippen molar-refractivity contribution < 1.29 is 0 Å². The highest BCUT2D eigenvalue weighted by Gasteiger charge is 2.00. The fourth-order valence-electron chi connectivity index (χ4n) is 1.84. The summed E-state index contributed by atoms with van der Waals surface area (Å²) in [6.45, 7) is 4.45. The second-order valence-electron chi connectivity index (χ2n) is 4.96. The van der Waals surface area contributed by atoms with E-state index < -0.39 is 0 Å². The number of benzene rings is 2. The molecule has 19 heavy (non-hydrogen) atoms. The maximum Gasteiger partial charge on any atom is 0.0474 e. The molecule has 0 atom stereocenters. The van der Waals surface area contributed by atoms with Crippen LogP contribution in [0.5, 0.6) is 0 Å². The van der Waals surface area contributed by atoms with Crippen LogP contribution in [0.4, 0.5) is 0 Å². The van der Waals surface area contributed by atoms with Gasteiger partial charge in [0.1, 0.15) is 0 Å². The molecule has 0 unspecified atom stereocenters. The van der Waals surface area contributed by atoms with Gasteiger partial charge in [-0.25, -0.2) is 0 Å². The van der Waals surface area contributed by atoms with Crippen molar-refractivity contribution in [1.29, 1.82) is 0 Å². The second-order valence-corrected chi connectivity index (χ2v) is 6.28. The normalized spacial score (nSPS) is 10.9. The van der Waals surface area contributed by atoms with E-state index in [1.807, 2.05) is 11.8 Å². The molecule has 0 amide bonds. The van der Waals surface area contributed by atoms with Crippen LogP contribution in [0.15, 0.2) is 53.4 Å². The molecule has 0 N–H and O–H groups in total. The molecule has 2 aromatic carbocycles. The third kappa shape index (κ3) is 4.29. The van der Waals surface area contributed by atoms with Gasteiger partial charge in [-0.2, -0.15) is 0 Å². The summed E-state index contributed by atoms with van der Waals surface area (Å²) in [6.07, 6.45) is 0. The van der Waals surface area contributed by atoms with E-state index in [0.717, 1.165) is 5.75 Å². The second kappa shape index (κ2) is 7.02. The average Bonchev–Trinajstić information content (AvgIpc) is 2.46. The van der Waals surface area contributed by atoms with Crippen LogP contribution in [-0.2, 0) is 11.6 Å². The molecule has 2 aromatic rings. The molecule has 2 rings (SSSR count). The first-order valence-electron chi connectivity index (χ1n) is 6.55. The van der Waals surface area contributed by atoms with Crippen molar-refractivity contribution in [3.05, 3.63) is 65.2 Å². The Balaban J connectivity index is 1.94. The third-order valence-corrected chi connectivity index (χ3v) is 4.52. The van der Waals surface area contributed by atoms with Gasteiger partial charge in [-0.1, -0.05) is 50.2 Å². The minimum atomic E-state index is 0.585. The summed E-state index contributed by atoms with van der Waals surface area (Å²) in [5.41, 5.74) is 3.95. The molecule has 0 nitrogen and oxygen atoms in total. The quantitative estimate of drug-likeness (QED) is 0.492. The van der Waals surface area contributed by atoms with Gasteiger partial charge < -0.3 is 0 Å². The summed E-state index contributed by atoms with van der Waals surface area (Å²) >= 11 is 7.65. The molecule has 0 radical (unpaired) electrons. The van der Waals surface area contributed by atoms with E-state index in [4.69, 9.17) is 11.6 Å². The van der Waals surface area contributed by atoms with Gasteiger partial charge in [-0.05, 0) is 34.7 Å². The predicted octanol–water partition coefficient (Wildman–Crippen LogP) is 5.84. The van der Waals surface area contributed by atoms with E-state index >= 15 is 0 Å². The van der Waals surface area contributed by atoms with Crippen molar-refractivity contribution in [1.82, 2.24) is 0 Å². The number of hydrogen-bond donors (Lipinski definition) is 0. The molecular formula is C17H19ClS. The summed E-state index contributed by atoms with van der Waals surface area (Å²) < 4.78 is 0. The Morgan fingerprint density at radius 3 is 2.00 bits per heavy atom. The van der Waals surface area contributed by atoms with Crippen LogP contribution in [0.2, 0.25) is 0 Å². The minimum Gasteiger partial charge on any atom is -0.122 e. The summed E-state index contributed by atoms with van der Waals surface area (Å²) in [5, 5.41) is 0. The molecule has 0 aliphatic heterocycles. The molecule has 0 spiro atoms. The summed E-state index contributed by atoms with van der Waals surface area (Å²) in [5.74, 6) is 2.20. The van der Waals surface area contributed by atoms with Crippen LogP contribution < -0.4 is 0 Å². The SMILES string of the molecule is CC(C)c1ccc(CSc2ccc(CCl)cc2)cc1. The van der Waals surface area contributed by atoms with E-state index in [1.54, 1.807) is 0 Å². The van der Waals surface area contributed by atoms with Crippen LogP contribution in [0.1, 0.15) is 36.5 Å². The van der Waals surface area contributed by atoms with Crippen LogP contribution in [-0.4, -0.2) is 0 Å². The van der Waals surface area contributed by atoms with Gasteiger partial charge in [-0.15, -0.1) is 23.4 Å². The van der Waals surface area contributed by atoms with Crippen molar-refractivity contribution in [2.75, 3.05) is 0 Å². The lowest BCUT2D eigenvalue weighted by molar-refractivity contribution is 0.866. The zero-order valence-corrected chi connectivity index (χ0v) is 13.0. The van der Waals surface area contributed by atoms with Crippen LogP contribution in [0.25, 0.3) is 0 Å². The fourth-order valence-corrected chi connectivity index (χ4v) is 2.87. The van der Waals surface area contributed by atoms with Crippen molar-refractivity contribution >= 4 is 23.4 Å². The van der Waals surface area contributed by atoms with Crippen LogP contribution in [0.3, 0.4) is 0 Å². The Labute approximate surface area is 125 Å². The van der Waals surface area contributed by atoms with Gasteiger partial charge >= 0.3 is 0 Å². The molecule has 0 aromatic heterocycles. The zero-order valence-electron chi connectivity index (χ0n) is 11.4. The van der Waals surface area contributed by atoms with Gasteiger partial charge in [0.2, 0.25) is 0 Å². The number of hydrogen-bond acceptors (Lipinski definition) is 1. The maximum atomic E-state index is 5.79.